The van der Waals surface area contributed by atoms with Gasteiger partial charge in [-0.3, -0.25) is 4.79 Å². The second kappa shape index (κ2) is 8.79. The zero-order chi connectivity index (χ0) is 27.4. The Kier molecular flexibility index (Phi) is 6.71. The summed E-state index contributed by atoms with van der Waals surface area (Å²) in [5.74, 6) is -0.636. The predicted molar refractivity (Wildman–Crippen MR) is 107 cm³/mol. The van der Waals surface area contributed by atoms with Crippen LogP contribution in [0.4, 0.5) is 43.9 Å². The Morgan fingerprint density at radius 3 is 1.97 bits per heavy atom. The number of benzene rings is 2. The molecule has 0 aliphatic rings. The van der Waals surface area contributed by atoms with E-state index in [1.165, 1.54) is 25.1 Å². The van der Waals surface area contributed by atoms with Gasteiger partial charge < -0.3 is 4.52 Å². The molecule has 0 aliphatic heterocycles. The van der Waals surface area contributed by atoms with Gasteiger partial charge in [-0.25, -0.2) is 4.39 Å². The van der Waals surface area contributed by atoms with Crippen LogP contribution in [0.3, 0.4) is 0 Å². The van der Waals surface area contributed by atoms with Crippen molar-refractivity contribution < 1.29 is 53.2 Å². The van der Waals surface area contributed by atoms with Crippen LogP contribution in [-0.2, 0) is 11.8 Å². The monoisotopic (exact) mass is 547 g/mol. The third-order valence-electron chi connectivity index (χ3n) is 5.22. The zero-order valence-corrected chi connectivity index (χ0v) is 18.6. The molecule has 0 spiro atoms. The maximum Gasteiger partial charge on any atom is 0.435 e. The van der Waals surface area contributed by atoms with Gasteiger partial charge in [-0.05, 0) is 43.7 Å². The molecule has 1 heterocycles. The predicted octanol–water partition coefficient (Wildman–Crippen LogP) is 8.48. The van der Waals surface area contributed by atoms with Crippen molar-refractivity contribution >= 4 is 17.4 Å². The molecule has 36 heavy (non-hydrogen) atoms. The van der Waals surface area contributed by atoms with E-state index in [2.05, 4.69) is 5.16 Å². The normalized spacial score (nSPS) is 13.2. The fraction of sp³-hybridized carbons (Fsp3) is 0.273. The highest BCUT2D eigenvalue weighted by Gasteiger charge is 2.73. The van der Waals surface area contributed by atoms with Crippen molar-refractivity contribution in [1.29, 1.82) is 0 Å². The van der Waals surface area contributed by atoms with Crippen molar-refractivity contribution in [2.24, 2.45) is 0 Å². The molecule has 0 bridgehead atoms. The summed E-state index contributed by atoms with van der Waals surface area (Å²) < 4.78 is 140. The second-order valence-electron chi connectivity index (χ2n) is 7.69. The molecule has 0 unspecified atom stereocenters. The fourth-order valence-electron chi connectivity index (χ4n) is 3.52. The Morgan fingerprint density at radius 1 is 0.889 bits per heavy atom. The summed E-state index contributed by atoms with van der Waals surface area (Å²) in [6.07, 6.45) is -18.7. The number of Topliss-reactive ketones (excluding diaryl/α,β-unsaturated/α-hetero) is 1. The summed E-state index contributed by atoms with van der Waals surface area (Å²) in [6, 6.07) is 4.29. The van der Waals surface area contributed by atoms with E-state index in [1.807, 2.05) is 0 Å². The Bertz CT molecular complexity index is 1310. The summed E-state index contributed by atoms with van der Waals surface area (Å²) in [4.78, 5) is 11.7. The number of aromatic nitrogens is 1. The number of carbonyl (C=O) groups is 1. The molecule has 1 aromatic heterocycles. The minimum Gasteiger partial charge on any atom is -0.356 e. The molecule has 0 atom stereocenters. The number of ketones is 1. The van der Waals surface area contributed by atoms with E-state index in [9.17, 15) is 48.7 Å². The molecule has 0 N–H and O–H groups in total. The highest BCUT2D eigenvalue weighted by atomic mass is 35.5. The SMILES string of the molecule is CC(=O)c1cc(-c2cc(-c3c(C)cc(C(F)(C(F)(F)F)C(F)(F)F)cc3C(F)(F)F)no2)ccc1Cl. The molecule has 0 amide bonds. The molecule has 194 valence electrons. The van der Waals surface area contributed by atoms with E-state index in [1.54, 1.807) is 0 Å². The van der Waals surface area contributed by atoms with E-state index in [-0.39, 0.29) is 28.0 Å². The van der Waals surface area contributed by atoms with Crippen LogP contribution in [0, 0.1) is 6.92 Å². The highest BCUT2D eigenvalue weighted by Crippen LogP contribution is 2.55. The first-order valence-electron chi connectivity index (χ1n) is 9.61. The Labute approximate surface area is 200 Å². The van der Waals surface area contributed by atoms with Crippen LogP contribution in [0.25, 0.3) is 22.6 Å². The van der Waals surface area contributed by atoms with Crippen molar-refractivity contribution in [3.63, 3.8) is 0 Å². The highest BCUT2D eigenvalue weighted by molar-refractivity contribution is 6.34. The van der Waals surface area contributed by atoms with Crippen LogP contribution in [-0.4, -0.2) is 23.3 Å². The van der Waals surface area contributed by atoms with E-state index >= 15 is 0 Å². The number of aryl methyl sites for hydroxylation is 1. The lowest BCUT2D eigenvalue weighted by atomic mass is 9.87. The molecular weight excluding hydrogens is 536 g/mol. The van der Waals surface area contributed by atoms with Crippen LogP contribution >= 0.6 is 11.6 Å². The molecule has 0 aliphatic carbocycles. The third-order valence-corrected chi connectivity index (χ3v) is 5.55. The first kappa shape index (κ1) is 27.5. The first-order valence-corrected chi connectivity index (χ1v) is 9.99. The summed E-state index contributed by atoms with van der Waals surface area (Å²) >= 11 is 5.90. The zero-order valence-electron chi connectivity index (χ0n) is 17.9. The molecule has 2 aromatic carbocycles. The summed E-state index contributed by atoms with van der Waals surface area (Å²) in [5, 5.41) is 3.52. The van der Waals surface area contributed by atoms with Gasteiger partial charge >= 0.3 is 24.2 Å². The standard InChI is InChI=1S/C22H12ClF10NO2/c1-9-5-12(19(24,21(28,29)30)22(31,32)33)7-14(20(25,26)27)18(9)16-8-17(36-34-16)11-3-4-15(23)13(6-11)10(2)35/h3-8H,1-2H3. The number of alkyl halides is 10. The summed E-state index contributed by atoms with van der Waals surface area (Å²) in [6.45, 7) is 1.97. The topological polar surface area (TPSA) is 43.1 Å². The lowest BCUT2D eigenvalue weighted by Crippen LogP contribution is -2.50. The minimum absolute atomic E-state index is 0.0239. The van der Waals surface area contributed by atoms with Gasteiger partial charge in [-0.2, -0.15) is 39.5 Å². The quantitative estimate of drug-likeness (QED) is 0.243. The van der Waals surface area contributed by atoms with Gasteiger partial charge in [0.2, 0.25) is 0 Å². The Hall–Kier alpha value is -3.09. The third kappa shape index (κ3) is 4.67. The van der Waals surface area contributed by atoms with Crippen LogP contribution in [0.2, 0.25) is 5.02 Å². The molecule has 3 nitrogen and oxygen atoms in total. The average molecular weight is 548 g/mol. The maximum absolute atomic E-state index is 14.5. The molecule has 3 aromatic rings. The molecular formula is C22H12ClF10NO2. The fourth-order valence-corrected chi connectivity index (χ4v) is 3.77. The maximum atomic E-state index is 14.5. The van der Waals surface area contributed by atoms with Gasteiger partial charge in [-0.15, -0.1) is 0 Å². The molecule has 0 saturated carbocycles. The van der Waals surface area contributed by atoms with Crippen LogP contribution < -0.4 is 0 Å². The Morgan fingerprint density at radius 2 is 1.47 bits per heavy atom. The van der Waals surface area contributed by atoms with Gasteiger partial charge in [-0.1, -0.05) is 22.8 Å². The number of nitrogens with zero attached hydrogens (tertiary/aromatic N) is 1. The number of carbonyl (C=O) groups excluding carboxylic acids is 1. The number of halogens is 11. The molecule has 0 saturated heterocycles. The minimum atomic E-state index is -6.61. The smallest absolute Gasteiger partial charge is 0.356 e. The van der Waals surface area contributed by atoms with Gasteiger partial charge in [0, 0.05) is 28.3 Å². The van der Waals surface area contributed by atoms with Gasteiger partial charge in [0.1, 0.15) is 5.69 Å². The van der Waals surface area contributed by atoms with Crippen LogP contribution in [0.15, 0.2) is 40.9 Å². The van der Waals surface area contributed by atoms with Crippen molar-refractivity contribution in [1.82, 2.24) is 5.16 Å². The van der Waals surface area contributed by atoms with Crippen LogP contribution in [0.5, 0.6) is 0 Å². The summed E-state index contributed by atoms with van der Waals surface area (Å²) in [7, 11) is 0. The second-order valence-corrected chi connectivity index (χ2v) is 8.10. The molecule has 3 rings (SSSR count). The van der Waals surface area contributed by atoms with Gasteiger partial charge in [0.05, 0.1) is 10.6 Å². The van der Waals surface area contributed by atoms with E-state index in [4.69, 9.17) is 16.1 Å². The number of rotatable bonds is 4. The number of hydrogen-bond acceptors (Lipinski definition) is 3. The molecule has 14 heteroatoms. The van der Waals surface area contributed by atoms with Gasteiger partial charge in [0.25, 0.3) is 0 Å². The lowest BCUT2D eigenvalue weighted by Gasteiger charge is -2.31. The van der Waals surface area contributed by atoms with Crippen molar-refractivity contribution in [2.75, 3.05) is 0 Å². The van der Waals surface area contributed by atoms with E-state index in [0.717, 1.165) is 13.0 Å². The first-order chi connectivity index (χ1) is 16.3. The largest absolute Gasteiger partial charge is 0.435 e. The van der Waals surface area contributed by atoms with Crippen molar-refractivity contribution in [2.45, 2.75) is 38.0 Å². The average Bonchev–Trinajstić information content (AvgIpc) is 3.20. The summed E-state index contributed by atoms with van der Waals surface area (Å²) in [5.41, 5.74) is -12.5. The van der Waals surface area contributed by atoms with E-state index < -0.39 is 64.0 Å². The van der Waals surface area contributed by atoms with Crippen molar-refractivity contribution in [3.8, 4) is 22.6 Å². The molecule has 0 fully saturated rings. The van der Waals surface area contributed by atoms with Gasteiger partial charge in [0.15, 0.2) is 11.5 Å². The van der Waals surface area contributed by atoms with E-state index in [0.29, 0.717) is 0 Å². The lowest BCUT2D eigenvalue weighted by molar-refractivity contribution is -0.348. The number of hydrogen-bond donors (Lipinski definition) is 0. The Balaban J connectivity index is 2.24. The molecule has 0 radical (unpaired) electrons. The van der Waals surface area contributed by atoms with Crippen molar-refractivity contribution in [3.05, 3.63) is 63.7 Å². The van der Waals surface area contributed by atoms with Crippen LogP contribution in [0.1, 0.15) is 34.0 Å².